The van der Waals surface area contributed by atoms with Crippen LogP contribution >= 0.6 is 11.8 Å². The highest BCUT2D eigenvalue weighted by molar-refractivity contribution is 7.99. The molecule has 1 aromatic rings. The molecule has 16 heavy (non-hydrogen) atoms. The van der Waals surface area contributed by atoms with Crippen molar-refractivity contribution in [1.29, 1.82) is 0 Å². The number of thioether (sulfide) groups is 1. The Morgan fingerprint density at radius 3 is 2.69 bits per heavy atom. The van der Waals surface area contributed by atoms with Crippen molar-refractivity contribution in [2.75, 3.05) is 6.26 Å². The molecule has 0 aromatic heterocycles. The molecule has 1 nitrogen and oxygen atoms in total. The number of hydrogen-bond acceptors (Lipinski definition) is 2. The summed E-state index contributed by atoms with van der Waals surface area (Å²) in [6, 6.07) is 11.9. The summed E-state index contributed by atoms with van der Waals surface area (Å²) in [7, 11) is 0. The summed E-state index contributed by atoms with van der Waals surface area (Å²) in [5, 5.41) is 4.59. The van der Waals surface area contributed by atoms with E-state index in [-0.39, 0.29) is 0 Å². The molecule has 1 fully saturated rings. The molecule has 0 aliphatic heterocycles. The molecule has 1 aromatic carbocycles. The predicted octanol–water partition coefficient (Wildman–Crippen LogP) is 3.62. The monoisotopic (exact) mass is 235 g/mol. The van der Waals surface area contributed by atoms with Gasteiger partial charge in [0.15, 0.2) is 0 Å². The molecule has 0 bridgehead atoms. The standard InChI is InChI=1S/C14H21NS/c1-11(12-7-4-3-5-8-12)15-13-9-6-10-14(13)16-2/h3-5,7-8,11,13-15H,6,9-10H2,1-2H3. The topological polar surface area (TPSA) is 12.0 Å². The van der Waals surface area contributed by atoms with Crippen LogP contribution in [0.2, 0.25) is 0 Å². The Hall–Kier alpha value is -0.470. The van der Waals surface area contributed by atoms with E-state index < -0.39 is 0 Å². The lowest BCUT2D eigenvalue weighted by Gasteiger charge is -2.24. The largest absolute Gasteiger partial charge is 0.306 e. The summed E-state index contributed by atoms with van der Waals surface area (Å²) in [5.74, 6) is 0. The SMILES string of the molecule is CSC1CCCC1NC(C)c1ccccc1. The van der Waals surface area contributed by atoms with Crippen LogP contribution in [0.5, 0.6) is 0 Å². The van der Waals surface area contributed by atoms with Crippen molar-refractivity contribution in [1.82, 2.24) is 5.32 Å². The minimum absolute atomic E-state index is 0.471. The van der Waals surface area contributed by atoms with Crippen LogP contribution in [-0.2, 0) is 0 Å². The summed E-state index contributed by atoms with van der Waals surface area (Å²) in [5.41, 5.74) is 1.40. The summed E-state index contributed by atoms with van der Waals surface area (Å²) < 4.78 is 0. The van der Waals surface area contributed by atoms with Crippen molar-refractivity contribution in [3.63, 3.8) is 0 Å². The number of nitrogens with one attached hydrogen (secondary N) is 1. The van der Waals surface area contributed by atoms with Gasteiger partial charge in [-0.15, -0.1) is 0 Å². The molecule has 0 heterocycles. The number of benzene rings is 1. The Morgan fingerprint density at radius 1 is 1.25 bits per heavy atom. The van der Waals surface area contributed by atoms with Crippen molar-refractivity contribution in [2.24, 2.45) is 0 Å². The number of hydrogen-bond donors (Lipinski definition) is 1. The van der Waals surface area contributed by atoms with Gasteiger partial charge < -0.3 is 5.32 Å². The van der Waals surface area contributed by atoms with Crippen molar-refractivity contribution in [3.05, 3.63) is 35.9 Å². The lowest BCUT2D eigenvalue weighted by Crippen LogP contribution is -2.35. The second kappa shape index (κ2) is 5.74. The van der Waals surface area contributed by atoms with Crippen LogP contribution in [0.3, 0.4) is 0 Å². The van der Waals surface area contributed by atoms with Crippen LogP contribution < -0.4 is 5.32 Å². The third kappa shape index (κ3) is 2.80. The van der Waals surface area contributed by atoms with E-state index in [0.717, 1.165) is 5.25 Å². The maximum absolute atomic E-state index is 3.78. The van der Waals surface area contributed by atoms with E-state index in [2.05, 4.69) is 48.8 Å². The molecule has 1 saturated carbocycles. The normalized spacial score (nSPS) is 26.9. The second-order valence-electron chi connectivity index (χ2n) is 4.61. The molecule has 0 spiro atoms. The summed E-state index contributed by atoms with van der Waals surface area (Å²) >= 11 is 2.02. The van der Waals surface area contributed by atoms with Crippen LogP contribution in [0.1, 0.15) is 37.8 Å². The lowest BCUT2D eigenvalue weighted by molar-refractivity contribution is 0.467. The molecule has 3 atom stereocenters. The summed E-state index contributed by atoms with van der Waals surface area (Å²) in [6.07, 6.45) is 6.32. The van der Waals surface area contributed by atoms with Gasteiger partial charge in [-0.05, 0) is 31.6 Å². The van der Waals surface area contributed by atoms with Crippen molar-refractivity contribution >= 4 is 11.8 Å². The fraction of sp³-hybridized carbons (Fsp3) is 0.571. The quantitative estimate of drug-likeness (QED) is 0.855. The molecule has 2 rings (SSSR count). The Kier molecular flexibility index (Phi) is 4.30. The highest BCUT2D eigenvalue weighted by Crippen LogP contribution is 2.30. The molecule has 3 unspecified atom stereocenters. The first-order chi connectivity index (χ1) is 7.81. The Bertz CT molecular complexity index is 312. The third-order valence-electron chi connectivity index (χ3n) is 3.52. The van der Waals surface area contributed by atoms with E-state index in [9.17, 15) is 0 Å². The highest BCUT2D eigenvalue weighted by Gasteiger charge is 2.27. The molecule has 88 valence electrons. The van der Waals surface area contributed by atoms with Gasteiger partial charge >= 0.3 is 0 Å². The van der Waals surface area contributed by atoms with Crippen LogP contribution in [0.4, 0.5) is 0 Å². The van der Waals surface area contributed by atoms with Gasteiger partial charge in [0.25, 0.3) is 0 Å². The summed E-state index contributed by atoms with van der Waals surface area (Å²) in [6.45, 7) is 2.27. The average molecular weight is 235 g/mol. The van der Waals surface area contributed by atoms with E-state index in [1.165, 1.54) is 24.8 Å². The molecule has 0 saturated heterocycles. The van der Waals surface area contributed by atoms with Crippen molar-refractivity contribution < 1.29 is 0 Å². The van der Waals surface area contributed by atoms with E-state index >= 15 is 0 Å². The maximum atomic E-state index is 3.78. The minimum atomic E-state index is 0.471. The van der Waals surface area contributed by atoms with Gasteiger partial charge in [-0.25, -0.2) is 0 Å². The van der Waals surface area contributed by atoms with Gasteiger partial charge in [-0.1, -0.05) is 36.8 Å². The van der Waals surface area contributed by atoms with Gasteiger partial charge in [0.1, 0.15) is 0 Å². The molecule has 0 amide bonds. The molecular formula is C14H21NS. The van der Waals surface area contributed by atoms with E-state index in [1.807, 2.05) is 11.8 Å². The lowest BCUT2D eigenvalue weighted by atomic mass is 10.1. The maximum Gasteiger partial charge on any atom is 0.0294 e. The highest BCUT2D eigenvalue weighted by atomic mass is 32.2. The first kappa shape index (κ1) is 12.0. The average Bonchev–Trinajstić information content (AvgIpc) is 2.77. The van der Waals surface area contributed by atoms with E-state index in [1.54, 1.807) is 0 Å². The Morgan fingerprint density at radius 2 is 2.00 bits per heavy atom. The molecule has 1 aliphatic carbocycles. The predicted molar refractivity (Wildman–Crippen MR) is 72.9 cm³/mol. The Balaban J connectivity index is 1.94. The Labute approximate surface area is 103 Å². The fourth-order valence-electron chi connectivity index (χ4n) is 2.56. The van der Waals surface area contributed by atoms with Crippen molar-refractivity contribution in [3.8, 4) is 0 Å². The van der Waals surface area contributed by atoms with Gasteiger partial charge in [0.05, 0.1) is 0 Å². The third-order valence-corrected chi connectivity index (χ3v) is 4.69. The molecule has 2 heteroatoms. The number of rotatable bonds is 4. The van der Waals surface area contributed by atoms with E-state index in [0.29, 0.717) is 12.1 Å². The van der Waals surface area contributed by atoms with E-state index in [4.69, 9.17) is 0 Å². The zero-order valence-electron chi connectivity index (χ0n) is 10.1. The molecule has 1 N–H and O–H groups in total. The molecule has 0 radical (unpaired) electrons. The van der Waals surface area contributed by atoms with Gasteiger partial charge in [0, 0.05) is 17.3 Å². The second-order valence-corrected chi connectivity index (χ2v) is 5.69. The van der Waals surface area contributed by atoms with Gasteiger partial charge in [-0.3, -0.25) is 0 Å². The van der Waals surface area contributed by atoms with Crippen LogP contribution in [0.25, 0.3) is 0 Å². The van der Waals surface area contributed by atoms with Crippen LogP contribution in [0.15, 0.2) is 30.3 Å². The zero-order chi connectivity index (χ0) is 11.4. The van der Waals surface area contributed by atoms with Gasteiger partial charge in [-0.2, -0.15) is 11.8 Å². The molecular weight excluding hydrogens is 214 g/mol. The smallest absolute Gasteiger partial charge is 0.0294 e. The first-order valence-electron chi connectivity index (χ1n) is 6.15. The van der Waals surface area contributed by atoms with Gasteiger partial charge in [0.2, 0.25) is 0 Å². The summed E-state index contributed by atoms with van der Waals surface area (Å²) in [4.78, 5) is 0. The molecule has 1 aliphatic rings. The minimum Gasteiger partial charge on any atom is -0.306 e. The zero-order valence-corrected chi connectivity index (χ0v) is 11.0. The van der Waals surface area contributed by atoms with Crippen LogP contribution in [0, 0.1) is 0 Å². The fourth-order valence-corrected chi connectivity index (χ4v) is 3.50. The van der Waals surface area contributed by atoms with Crippen molar-refractivity contribution in [2.45, 2.75) is 43.5 Å². The first-order valence-corrected chi connectivity index (χ1v) is 7.44. The van der Waals surface area contributed by atoms with Crippen LogP contribution in [-0.4, -0.2) is 17.5 Å².